The van der Waals surface area contributed by atoms with Gasteiger partial charge in [0, 0.05) is 16.1 Å². The number of non-ortho nitro benzene ring substituents is 1. The maximum absolute atomic E-state index is 11.9. The number of benzene rings is 2. The zero-order valence-electron chi connectivity index (χ0n) is 11.3. The molecule has 2 aromatic rings. The van der Waals surface area contributed by atoms with Crippen molar-refractivity contribution in [2.75, 3.05) is 5.43 Å². The van der Waals surface area contributed by atoms with Crippen LogP contribution in [0.3, 0.4) is 0 Å². The fourth-order valence-electron chi connectivity index (χ4n) is 1.66. The van der Waals surface area contributed by atoms with Gasteiger partial charge in [-0.05, 0) is 30.0 Å². The Hall–Kier alpha value is -3.01. The van der Waals surface area contributed by atoms with Crippen molar-refractivity contribution >= 4 is 39.2 Å². The molecule has 0 bridgehead atoms. The molecule has 0 spiro atoms. The SMILES string of the molecule is O=[N+]([O-])c1cc(/C=N\Nc2ccc(Br)cc2)c([O-])c([N+](=O)[O-])c1. The predicted molar refractivity (Wildman–Crippen MR) is 84.6 cm³/mol. The average molecular weight is 380 g/mol. The van der Waals surface area contributed by atoms with E-state index in [4.69, 9.17) is 0 Å². The van der Waals surface area contributed by atoms with Gasteiger partial charge in [0.15, 0.2) is 0 Å². The van der Waals surface area contributed by atoms with Crippen molar-refractivity contribution in [3.05, 3.63) is 66.7 Å². The molecule has 9 nitrogen and oxygen atoms in total. The van der Waals surface area contributed by atoms with Crippen molar-refractivity contribution in [3.63, 3.8) is 0 Å². The van der Waals surface area contributed by atoms with Crippen molar-refractivity contribution in [1.82, 2.24) is 0 Å². The highest BCUT2D eigenvalue weighted by atomic mass is 79.9. The van der Waals surface area contributed by atoms with E-state index in [0.717, 1.165) is 16.8 Å². The van der Waals surface area contributed by atoms with Crippen LogP contribution in [0.5, 0.6) is 5.75 Å². The summed E-state index contributed by atoms with van der Waals surface area (Å²) in [7, 11) is 0. The van der Waals surface area contributed by atoms with Crippen LogP contribution in [0.25, 0.3) is 0 Å². The summed E-state index contributed by atoms with van der Waals surface area (Å²) in [4.78, 5) is 19.8. The summed E-state index contributed by atoms with van der Waals surface area (Å²) in [5.41, 5.74) is 1.54. The first-order chi connectivity index (χ1) is 10.9. The molecule has 0 unspecified atom stereocenters. The predicted octanol–water partition coefficient (Wildman–Crippen LogP) is 2.79. The fourth-order valence-corrected chi connectivity index (χ4v) is 1.92. The van der Waals surface area contributed by atoms with E-state index in [0.29, 0.717) is 11.8 Å². The number of nitro benzene ring substituents is 2. The molecule has 10 heteroatoms. The maximum Gasteiger partial charge on any atom is 0.276 e. The summed E-state index contributed by atoms with van der Waals surface area (Å²) in [5.74, 6) is -0.943. The average Bonchev–Trinajstić information content (AvgIpc) is 2.50. The molecule has 0 aliphatic heterocycles. The van der Waals surface area contributed by atoms with E-state index in [-0.39, 0.29) is 5.56 Å². The standard InChI is InChI=1S/C13H9BrN4O5/c14-9-1-3-10(4-2-9)16-15-7-8-5-11(17(20)21)6-12(13(8)19)18(22)23/h1-7,16,19H/p-1/b15-7-. The van der Waals surface area contributed by atoms with Crippen LogP contribution in [-0.2, 0) is 0 Å². The Morgan fingerprint density at radius 3 is 2.30 bits per heavy atom. The molecule has 0 aliphatic carbocycles. The van der Waals surface area contributed by atoms with Crippen molar-refractivity contribution in [2.45, 2.75) is 0 Å². The zero-order chi connectivity index (χ0) is 17.0. The number of halogens is 1. The molecule has 0 heterocycles. The molecule has 0 saturated heterocycles. The van der Waals surface area contributed by atoms with E-state index in [9.17, 15) is 25.3 Å². The quantitative estimate of drug-likeness (QED) is 0.482. The van der Waals surface area contributed by atoms with Crippen LogP contribution in [0.2, 0.25) is 0 Å². The van der Waals surface area contributed by atoms with E-state index >= 15 is 0 Å². The van der Waals surface area contributed by atoms with Gasteiger partial charge in [-0.1, -0.05) is 15.9 Å². The fraction of sp³-hybridized carbons (Fsp3) is 0. The first-order valence-corrected chi connectivity index (χ1v) is 6.86. The van der Waals surface area contributed by atoms with Crippen LogP contribution in [0.1, 0.15) is 5.56 Å². The third-order valence-corrected chi connectivity index (χ3v) is 3.26. The third-order valence-electron chi connectivity index (χ3n) is 2.73. The first-order valence-electron chi connectivity index (χ1n) is 6.07. The highest BCUT2D eigenvalue weighted by Crippen LogP contribution is 2.31. The summed E-state index contributed by atoms with van der Waals surface area (Å²) in [6, 6.07) is 8.49. The minimum absolute atomic E-state index is 0.254. The second-order valence-corrected chi connectivity index (χ2v) is 5.19. The first kappa shape index (κ1) is 16.4. The smallest absolute Gasteiger partial charge is 0.276 e. The molecule has 0 saturated carbocycles. The molecule has 1 N–H and O–H groups in total. The Kier molecular flexibility index (Phi) is 4.86. The summed E-state index contributed by atoms with van der Waals surface area (Å²) in [5, 5.41) is 37.2. The molecule has 0 fully saturated rings. The molecular formula is C13H8BrN4O5-. The van der Waals surface area contributed by atoms with E-state index in [1.807, 2.05) is 0 Å². The molecule has 2 aromatic carbocycles. The highest BCUT2D eigenvalue weighted by Gasteiger charge is 2.17. The highest BCUT2D eigenvalue weighted by molar-refractivity contribution is 9.10. The zero-order valence-corrected chi connectivity index (χ0v) is 12.9. The van der Waals surface area contributed by atoms with Gasteiger partial charge in [0.1, 0.15) is 0 Å². The van der Waals surface area contributed by atoms with Gasteiger partial charge in [-0.15, -0.1) is 0 Å². The van der Waals surface area contributed by atoms with Crippen LogP contribution in [0.15, 0.2) is 46.0 Å². The van der Waals surface area contributed by atoms with Gasteiger partial charge in [0.05, 0.1) is 27.8 Å². The minimum atomic E-state index is -0.963. The van der Waals surface area contributed by atoms with E-state index in [2.05, 4.69) is 26.5 Å². The Morgan fingerprint density at radius 1 is 1.09 bits per heavy atom. The molecule has 0 aliphatic rings. The van der Waals surface area contributed by atoms with Crippen molar-refractivity contribution in [2.24, 2.45) is 5.10 Å². The number of rotatable bonds is 5. The number of hydrogen-bond donors (Lipinski definition) is 1. The van der Waals surface area contributed by atoms with Gasteiger partial charge in [0.2, 0.25) is 0 Å². The molecule has 0 atom stereocenters. The topological polar surface area (TPSA) is 134 Å². The van der Waals surface area contributed by atoms with Gasteiger partial charge < -0.3 is 5.11 Å². The molecule has 23 heavy (non-hydrogen) atoms. The minimum Gasteiger partial charge on any atom is -0.867 e. The van der Waals surface area contributed by atoms with Crippen LogP contribution in [0, 0.1) is 20.2 Å². The summed E-state index contributed by atoms with van der Waals surface area (Å²) >= 11 is 3.27. The van der Waals surface area contributed by atoms with Crippen molar-refractivity contribution in [3.8, 4) is 5.75 Å². The number of nitrogens with one attached hydrogen (secondary N) is 1. The number of nitrogens with zero attached hydrogens (tertiary/aromatic N) is 3. The second kappa shape index (κ2) is 6.83. The van der Waals surface area contributed by atoms with Crippen LogP contribution in [0.4, 0.5) is 17.1 Å². The lowest BCUT2D eigenvalue weighted by Crippen LogP contribution is -2.04. The maximum atomic E-state index is 11.9. The largest absolute Gasteiger partial charge is 0.867 e. The molecular weight excluding hydrogens is 372 g/mol. The molecule has 118 valence electrons. The van der Waals surface area contributed by atoms with Gasteiger partial charge >= 0.3 is 0 Å². The van der Waals surface area contributed by atoms with Crippen LogP contribution < -0.4 is 10.5 Å². The number of hydrogen-bond acceptors (Lipinski definition) is 7. The Labute approximate surface area is 137 Å². The summed E-state index contributed by atoms with van der Waals surface area (Å²) < 4.78 is 0.864. The van der Waals surface area contributed by atoms with Crippen LogP contribution in [-0.4, -0.2) is 16.1 Å². The second-order valence-electron chi connectivity index (χ2n) is 4.27. The summed E-state index contributed by atoms with van der Waals surface area (Å²) in [6.45, 7) is 0. The van der Waals surface area contributed by atoms with Gasteiger partial charge in [-0.25, -0.2) is 0 Å². The Balaban J connectivity index is 2.30. The Morgan fingerprint density at radius 2 is 1.74 bits per heavy atom. The molecule has 0 radical (unpaired) electrons. The lowest BCUT2D eigenvalue weighted by Gasteiger charge is -2.10. The van der Waals surface area contributed by atoms with Gasteiger partial charge in [-0.2, -0.15) is 5.10 Å². The van der Waals surface area contributed by atoms with E-state index in [1.54, 1.807) is 24.3 Å². The lowest BCUT2D eigenvalue weighted by atomic mass is 10.1. The van der Waals surface area contributed by atoms with Crippen molar-refractivity contribution in [1.29, 1.82) is 0 Å². The van der Waals surface area contributed by atoms with E-state index in [1.165, 1.54) is 0 Å². The molecule has 2 rings (SSSR count). The number of nitro groups is 2. The third kappa shape index (κ3) is 4.01. The molecule has 0 aromatic heterocycles. The summed E-state index contributed by atoms with van der Waals surface area (Å²) in [6.07, 6.45) is 1.00. The monoisotopic (exact) mass is 379 g/mol. The number of hydrazone groups is 1. The van der Waals surface area contributed by atoms with Crippen molar-refractivity contribution < 1.29 is 15.0 Å². The normalized spacial score (nSPS) is 10.7. The number of anilines is 1. The molecule has 0 amide bonds. The lowest BCUT2D eigenvalue weighted by molar-refractivity contribution is -0.403. The Bertz CT molecular complexity index is 792. The van der Waals surface area contributed by atoms with E-state index < -0.39 is 27.0 Å². The van der Waals surface area contributed by atoms with Gasteiger partial charge in [0.25, 0.3) is 11.4 Å². The van der Waals surface area contributed by atoms with Gasteiger partial charge in [-0.3, -0.25) is 25.7 Å². The van der Waals surface area contributed by atoms with Crippen LogP contribution >= 0.6 is 15.9 Å².